The smallest absolute Gasteiger partial charge is 0.320 e. The molecular formula is C14H16N2O3. The zero-order valence-corrected chi connectivity index (χ0v) is 10.5. The third-order valence-corrected chi connectivity index (χ3v) is 3.08. The summed E-state index contributed by atoms with van der Waals surface area (Å²) in [6.07, 6.45) is 1.97. The van der Waals surface area contributed by atoms with E-state index in [-0.39, 0.29) is 5.92 Å². The van der Waals surface area contributed by atoms with E-state index >= 15 is 0 Å². The fourth-order valence-corrected chi connectivity index (χ4v) is 1.89. The minimum atomic E-state index is -0.791. The van der Waals surface area contributed by atoms with Crippen molar-refractivity contribution in [1.82, 2.24) is 5.32 Å². The van der Waals surface area contributed by atoms with Gasteiger partial charge in [-0.25, -0.2) is 0 Å². The van der Waals surface area contributed by atoms with Crippen LogP contribution in [0.25, 0.3) is 0 Å². The van der Waals surface area contributed by atoms with Crippen LogP contribution in [0.1, 0.15) is 18.4 Å². The van der Waals surface area contributed by atoms with E-state index in [4.69, 9.17) is 15.1 Å². The molecule has 0 aromatic heterocycles. The molecule has 1 atom stereocenters. The highest BCUT2D eigenvalue weighted by atomic mass is 16.5. The van der Waals surface area contributed by atoms with Crippen LogP contribution >= 0.6 is 0 Å². The van der Waals surface area contributed by atoms with Gasteiger partial charge in [0.25, 0.3) is 0 Å². The summed E-state index contributed by atoms with van der Waals surface area (Å²) in [5.41, 5.74) is 0.588. The lowest BCUT2D eigenvalue weighted by Gasteiger charge is -2.13. The van der Waals surface area contributed by atoms with E-state index < -0.39 is 12.0 Å². The highest BCUT2D eigenvalue weighted by Gasteiger charge is 2.35. The first-order chi connectivity index (χ1) is 9.20. The summed E-state index contributed by atoms with van der Waals surface area (Å²) in [6.45, 7) is 0.899. The average Bonchev–Trinajstić information content (AvgIpc) is 3.23. The first kappa shape index (κ1) is 13.4. The maximum atomic E-state index is 11.0. The molecule has 100 valence electrons. The van der Waals surface area contributed by atoms with Crippen molar-refractivity contribution < 1.29 is 14.6 Å². The van der Waals surface area contributed by atoms with Crippen LogP contribution in [0.4, 0.5) is 0 Å². The van der Waals surface area contributed by atoms with Gasteiger partial charge in [0.15, 0.2) is 0 Å². The zero-order chi connectivity index (χ0) is 13.7. The number of aliphatic carboxylic acids is 1. The SMILES string of the molecule is N#Cc1ccc(OCCNC(C(=O)O)C2CC2)cc1. The van der Waals surface area contributed by atoms with Crippen LogP contribution in [0.3, 0.4) is 0 Å². The quantitative estimate of drug-likeness (QED) is 0.724. The molecule has 0 saturated heterocycles. The Kier molecular flexibility index (Phi) is 4.37. The van der Waals surface area contributed by atoms with Crippen molar-refractivity contribution in [1.29, 1.82) is 5.26 Å². The molecule has 2 N–H and O–H groups in total. The monoisotopic (exact) mass is 260 g/mol. The Bertz CT molecular complexity index is 474. The maximum Gasteiger partial charge on any atom is 0.320 e. The number of nitrogens with one attached hydrogen (secondary N) is 1. The molecule has 1 aliphatic rings. The highest BCUT2D eigenvalue weighted by molar-refractivity contribution is 5.74. The molecule has 1 aromatic rings. The zero-order valence-electron chi connectivity index (χ0n) is 10.5. The third kappa shape index (κ3) is 3.97. The van der Waals surface area contributed by atoms with Gasteiger partial charge in [0.1, 0.15) is 18.4 Å². The average molecular weight is 260 g/mol. The topological polar surface area (TPSA) is 82.3 Å². The van der Waals surface area contributed by atoms with Crippen LogP contribution in [-0.2, 0) is 4.79 Å². The summed E-state index contributed by atoms with van der Waals surface area (Å²) < 4.78 is 5.47. The van der Waals surface area contributed by atoms with E-state index in [0.717, 1.165) is 12.8 Å². The fraction of sp³-hybridized carbons (Fsp3) is 0.429. The summed E-state index contributed by atoms with van der Waals surface area (Å²) in [7, 11) is 0. The number of nitriles is 1. The van der Waals surface area contributed by atoms with Crippen molar-refractivity contribution in [3.05, 3.63) is 29.8 Å². The van der Waals surface area contributed by atoms with Gasteiger partial charge >= 0.3 is 5.97 Å². The Morgan fingerprint density at radius 2 is 2.16 bits per heavy atom. The van der Waals surface area contributed by atoms with Crippen LogP contribution in [0.2, 0.25) is 0 Å². The molecule has 0 spiro atoms. The number of nitrogens with zero attached hydrogens (tertiary/aromatic N) is 1. The number of hydrogen-bond donors (Lipinski definition) is 2. The Labute approximate surface area is 111 Å². The van der Waals surface area contributed by atoms with Gasteiger partial charge in [0.2, 0.25) is 0 Å². The molecule has 5 heteroatoms. The Hall–Kier alpha value is -2.06. The second-order valence-electron chi connectivity index (χ2n) is 4.59. The van der Waals surface area contributed by atoms with Crippen molar-refractivity contribution in [2.24, 2.45) is 5.92 Å². The minimum absolute atomic E-state index is 0.271. The minimum Gasteiger partial charge on any atom is -0.492 e. The van der Waals surface area contributed by atoms with E-state index in [1.165, 1.54) is 0 Å². The van der Waals surface area contributed by atoms with Gasteiger partial charge in [-0.1, -0.05) is 0 Å². The van der Waals surface area contributed by atoms with Gasteiger partial charge in [-0.05, 0) is 43.0 Å². The van der Waals surface area contributed by atoms with Gasteiger partial charge in [0.05, 0.1) is 11.6 Å². The van der Waals surface area contributed by atoms with Crippen LogP contribution in [0.5, 0.6) is 5.75 Å². The molecule has 0 bridgehead atoms. The van der Waals surface area contributed by atoms with Gasteiger partial charge in [-0.2, -0.15) is 5.26 Å². The summed E-state index contributed by atoms with van der Waals surface area (Å²) in [6, 6.07) is 8.42. The predicted octanol–water partition coefficient (Wildman–Crippen LogP) is 1.39. The number of rotatable bonds is 7. The lowest BCUT2D eigenvalue weighted by Crippen LogP contribution is -2.40. The molecule has 5 nitrogen and oxygen atoms in total. The number of benzene rings is 1. The predicted molar refractivity (Wildman–Crippen MR) is 68.8 cm³/mol. The fourth-order valence-electron chi connectivity index (χ4n) is 1.89. The standard InChI is InChI=1S/C14H16N2O3/c15-9-10-1-5-12(6-2-10)19-8-7-16-13(14(17)18)11-3-4-11/h1-2,5-6,11,13,16H,3-4,7-8H2,(H,17,18). The molecule has 1 aromatic carbocycles. The molecule has 2 rings (SSSR count). The largest absolute Gasteiger partial charge is 0.492 e. The molecule has 1 saturated carbocycles. The highest BCUT2D eigenvalue weighted by Crippen LogP contribution is 2.32. The Morgan fingerprint density at radius 3 is 2.68 bits per heavy atom. The molecule has 19 heavy (non-hydrogen) atoms. The van der Waals surface area contributed by atoms with Crippen molar-refractivity contribution in [3.63, 3.8) is 0 Å². The van der Waals surface area contributed by atoms with Gasteiger partial charge < -0.3 is 15.2 Å². The van der Waals surface area contributed by atoms with Crippen LogP contribution < -0.4 is 10.1 Å². The Morgan fingerprint density at radius 1 is 1.47 bits per heavy atom. The lowest BCUT2D eigenvalue weighted by molar-refractivity contribution is -0.140. The van der Waals surface area contributed by atoms with E-state index in [0.29, 0.717) is 24.5 Å². The number of ether oxygens (including phenoxy) is 1. The molecule has 0 aliphatic heterocycles. The van der Waals surface area contributed by atoms with Crippen molar-refractivity contribution in [2.75, 3.05) is 13.2 Å². The second-order valence-corrected chi connectivity index (χ2v) is 4.59. The molecule has 1 unspecified atom stereocenters. The number of hydrogen-bond acceptors (Lipinski definition) is 4. The van der Waals surface area contributed by atoms with Gasteiger partial charge in [0, 0.05) is 6.54 Å². The van der Waals surface area contributed by atoms with Crippen LogP contribution in [0, 0.1) is 17.2 Å². The van der Waals surface area contributed by atoms with Crippen LogP contribution in [0.15, 0.2) is 24.3 Å². The maximum absolute atomic E-state index is 11.0. The van der Waals surface area contributed by atoms with Crippen molar-refractivity contribution in [3.8, 4) is 11.8 Å². The summed E-state index contributed by atoms with van der Waals surface area (Å²) in [5.74, 6) is 0.160. The second kappa shape index (κ2) is 6.21. The number of carboxylic acid groups (broad SMARTS) is 1. The van der Waals surface area contributed by atoms with Crippen LogP contribution in [-0.4, -0.2) is 30.3 Å². The molecule has 0 heterocycles. The summed E-state index contributed by atoms with van der Waals surface area (Å²) in [5, 5.41) is 20.7. The van der Waals surface area contributed by atoms with Crippen molar-refractivity contribution >= 4 is 5.97 Å². The first-order valence-corrected chi connectivity index (χ1v) is 6.30. The number of carbonyl (C=O) groups is 1. The molecule has 1 aliphatic carbocycles. The summed E-state index contributed by atoms with van der Waals surface area (Å²) >= 11 is 0. The van der Waals surface area contributed by atoms with E-state index in [9.17, 15) is 4.79 Å². The molecular weight excluding hydrogens is 244 g/mol. The van der Waals surface area contributed by atoms with Gasteiger partial charge in [-0.3, -0.25) is 4.79 Å². The molecule has 0 amide bonds. The van der Waals surface area contributed by atoms with Gasteiger partial charge in [-0.15, -0.1) is 0 Å². The molecule has 0 radical (unpaired) electrons. The number of carboxylic acids is 1. The van der Waals surface area contributed by atoms with E-state index in [2.05, 4.69) is 5.32 Å². The van der Waals surface area contributed by atoms with Crippen molar-refractivity contribution in [2.45, 2.75) is 18.9 Å². The first-order valence-electron chi connectivity index (χ1n) is 6.30. The summed E-state index contributed by atoms with van der Waals surface area (Å²) in [4.78, 5) is 11.0. The van der Waals surface area contributed by atoms with E-state index in [1.54, 1.807) is 24.3 Å². The lowest BCUT2D eigenvalue weighted by atomic mass is 10.2. The third-order valence-electron chi connectivity index (χ3n) is 3.08. The van der Waals surface area contributed by atoms with E-state index in [1.807, 2.05) is 6.07 Å². The Balaban J connectivity index is 1.71. The normalized spacial score (nSPS) is 15.5. The molecule has 1 fully saturated rings.